The molecule has 1 N–H and O–H groups in total. The molecule has 8 heteroatoms. The number of likely N-dealkylation sites (tertiary alicyclic amines) is 1. The number of carbonyl (C=O) groups is 3. The van der Waals surface area contributed by atoms with Crippen LogP contribution in [-0.2, 0) is 14.4 Å². The molecule has 5 nitrogen and oxygen atoms in total. The molecule has 0 spiro atoms. The van der Waals surface area contributed by atoms with Gasteiger partial charge in [0, 0.05) is 33.3 Å². The lowest BCUT2D eigenvalue weighted by molar-refractivity contribution is -0.140. The Hall–Kier alpha value is -0.920. The van der Waals surface area contributed by atoms with Gasteiger partial charge in [0.25, 0.3) is 0 Å². The molecule has 1 aromatic carbocycles. The zero-order valence-electron chi connectivity index (χ0n) is 15.8. The monoisotopic (exact) mass is 544 g/mol. The fourth-order valence-electron chi connectivity index (χ4n) is 5.12. The second-order valence-electron chi connectivity index (χ2n) is 8.20. The highest BCUT2D eigenvalue weighted by atomic mass is 79.9. The van der Waals surface area contributed by atoms with E-state index in [2.05, 4.69) is 37.2 Å². The number of carbonyl (C=O) groups excluding carboxylic acids is 3. The standard InChI is InChI=1S/C21H23Br2ClN2O3/c22-18-13-10-14(19(18)23)17-16(13)20(28)26(21(17)29)9-3-1-2-4-15(27)25-12-7-5-11(24)6-8-12/h5-8,13-14,16-19H,1-4,9-10H2,(H,25,27)/t13-,14-,16-,17+,18-,19+/m1/s1. The zero-order valence-corrected chi connectivity index (χ0v) is 19.7. The minimum atomic E-state index is -0.143. The van der Waals surface area contributed by atoms with Crippen molar-refractivity contribution < 1.29 is 14.4 Å². The minimum absolute atomic E-state index is 0.0110. The van der Waals surface area contributed by atoms with Crippen molar-refractivity contribution >= 4 is 66.9 Å². The molecule has 1 aromatic rings. The molecular formula is C21H23Br2ClN2O3. The van der Waals surface area contributed by atoms with Crippen molar-refractivity contribution in [1.29, 1.82) is 0 Å². The molecule has 1 aliphatic heterocycles. The van der Waals surface area contributed by atoms with Crippen molar-refractivity contribution in [3.8, 4) is 0 Å². The number of hydrogen-bond acceptors (Lipinski definition) is 3. The van der Waals surface area contributed by atoms with Gasteiger partial charge in [-0.1, -0.05) is 49.9 Å². The van der Waals surface area contributed by atoms with Crippen molar-refractivity contribution in [1.82, 2.24) is 4.90 Å². The summed E-state index contributed by atoms with van der Waals surface area (Å²) in [5, 5.41) is 3.47. The number of fused-ring (bicyclic) bond motifs is 5. The number of anilines is 1. The van der Waals surface area contributed by atoms with Crippen LogP contribution in [0.3, 0.4) is 0 Å². The Morgan fingerprint density at radius 1 is 1.00 bits per heavy atom. The van der Waals surface area contributed by atoms with Crippen LogP contribution in [0.4, 0.5) is 5.69 Å². The van der Waals surface area contributed by atoms with Crippen LogP contribution in [0.5, 0.6) is 0 Å². The van der Waals surface area contributed by atoms with Gasteiger partial charge in [-0.2, -0.15) is 0 Å². The van der Waals surface area contributed by atoms with Crippen LogP contribution in [0.2, 0.25) is 5.02 Å². The zero-order chi connectivity index (χ0) is 20.7. The molecule has 2 bridgehead atoms. The lowest BCUT2D eigenvalue weighted by Gasteiger charge is -2.28. The largest absolute Gasteiger partial charge is 0.326 e. The molecule has 6 atom stereocenters. The third-order valence-electron chi connectivity index (χ3n) is 6.49. The minimum Gasteiger partial charge on any atom is -0.326 e. The van der Waals surface area contributed by atoms with Crippen LogP contribution in [0.15, 0.2) is 24.3 Å². The van der Waals surface area contributed by atoms with E-state index in [-0.39, 0.29) is 51.0 Å². The van der Waals surface area contributed by atoms with E-state index in [0.29, 0.717) is 18.0 Å². The maximum absolute atomic E-state index is 12.8. The molecule has 1 heterocycles. The predicted octanol–water partition coefficient (Wildman–Crippen LogP) is 4.62. The van der Waals surface area contributed by atoms with Crippen molar-refractivity contribution in [2.24, 2.45) is 23.7 Å². The number of nitrogens with zero attached hydrogens (tertiary/aromatic N) is 1. The molecule has 29 heavy (non-hydrogen) atoms. The number of nitrogens with one attached hydrogen (secondary N) is 1. The quantitative estimate of drug-likeness (QED) is 0.309. The molecule has 0 radical (unpaired) electrons. The summed E-state index contributed by atoms with van der Waals surface area (Å²) in [4.78, 5) is 39.7. The second kappa shape index (κ2) is 8.67. The molecule has 3 amide bonds. The Balaban J connectivity index is 1.20. The first-order valence-corrected chi connectivity index (χ1v) is 12.3. The number of alkyl halides is 2. The fraction of sp³-hybridized carbons (Fsp3) is 0.571. The van der Waals surface area contributed by atoms with E-state index in [0.717, 1.165) is 31.4 Å². The maximum atomic E-state index is 12.8. The highest BCUT2D eigenvalue weighted by Gasteiger charge is 2.66. The summed E-state index contributed by atoms with van der Waals surface area (Å²) in [5.41, 5.74) is 0.726. The SMILES string of the molecule is O=C(CCCCCN1C(=O)[C@@H]2[C@H]3C[C@@H]([C@H](Br)[C@@H]3Br)[C@@H]2C1=O)Nc1ccc(Cl)cc1. The summed E-state index contributed by atoms with van der Waals surface area (Å²) in [6.45, 7) is 0.461. The van der Waals surface area contributed by atoms with Crippen LogP contribution >= 0.6 is 43.5 Å². The summed E-state index contributed by atoms with van der Waals surface area (Å²) in [7, 11) is 0. The van der Waals surface area contributed by atoms with Gasteiger partial charge in [-0.05, 0) is 55.4 Å². The fourth-order valence-corrected chi connectivity index (χ4v) is 7.12. The molecule has 2 aliphatic carbocycles. The molecule has 3 fully saturated rings. The average Bonchev–Trinajstić information content (AvgIpc) is 3.29. The lowest BCUT2D eigenvalue weighted by atomic mass is 9.81. The first kappa shape index (κ1) is 21.3. The van der Waals surface area contributed by atoms with E-state index >= 15 is 0 Å². The van der Waals surface area contributed by atoms with Crippen LogP contribution in [-0.4, -0.2) is 38.8 Å². The Labute approximate surface area is 192 Å². The van der Waals surface area contributed by atoms with E-state index in [4.69, 9.17) is 11.6 Å². The second-order valence-corrected chi connectivity index (χ2v) is 10.7. The van der Waals surface area contributed by atoms with Gasteiger partial charge in [0.1, 0.15) is 0 Å². The lowest BCUT2D eigenvalue weighted by Crippen LogP contribution is -2.37. The third kappa shape index (κ3) is 4.02. The molecular weight excluding hydrogens is 524 g/mol. The van der Waals surface area contributed by atoms with Crippen LogP contribution in [0.25, 0.3) is 0 Å². The van der Waals surface area contributed by atoms with E-state index in [1.807, 2.05) is 0 Å². The predicted molar refractivity (Wildman–Crippen MR) is 119 cm³/mol. The molecule has 2 saturated carbocycles. The Bertz CT molecular complexity index is 787. The highest BCUT2D eigenvalue weighted by molar-refractivity contribution is 9.12. The summed E-state index contributed by atoms with van der Waals surface area (Å²) < 4.78 is 0. The maximum Gasteiger partial charge on any atom is 0.233 e. The van der Waals surface area contributed by atoms with Gasteiger partial charge in [0.2, 0.25) is 17.7 Å². The number of unbranched alkanes of at least 4 members (excludes halogenated alkanes) is 2. The Morgan fingerprint density at radius 3 is 2.17 bits per heavy atom. The van der Waals surface area contributed by atoms with Crippen molar-refractivity contribution in [2.75, 3.05) is 11.9 Å². The van der Waals surface area contributed by atoms with E-state index in [1.165, 1.54) is 4.90 Å². The number of halogens is 3. The average molecular weight is 547 g/mol. The number of hydrogen-bond donors (Lipinski definition) is 1. The van der Waals surface area contributed by atoms with Gasteiger partial charge in [-0.15, -0.1) is 0 Å². The van der Waals surface area contributed by atoms with Crippen LogP contribution < -0.4 is 5.32 Å². The molecule has 3 aliphatic rings. The van der Waals surface area contributed by atoms with Gasteiger partial charge in [-0.25, -0.2) is 0 Å². The Kier molecular flexibility index (Phi) is 6.38. The highest BCUT2D eigenvalue weighted by Crippen LogP contribution is 2.60. The van der Waals surface area contributed by atoms with Crippen LogP contribution in [0.1, 0.15) is 32.1 Å². The van der Waals surface area contributed by atoms with E-state index < -0.39 is 0 Å². The Morgan fingerprint density at radius 2 is 1.59 bits per heavy atom. The van der Waals surface area contributed by atoms with Gasteiger partial charge in [0.05, 0.1) is 11.8 Å². The number of rotatable bonds is 7. The molecule has 156 valence electrons. The summed E-state index contributed by atoms with van der Waals surface area (Å²) in [6.07, 6.45) is 3.62. The first-order chi connectivity index (χ1) is 13.9. The van der Waals surface area contributed by atoms with E-state index in [1.54, 1.807) is 24.3 Å². The molecule has 0 aromatic heterocycles. The smallest absolute Gasteiger partial charge is 0.233 e. The third-order valence-corrected chi connectivity index (χ3v) is 9.95. The van der Waals surface area contributed by atoms with Crippen molar-refractivity contribution in [3.63, 3.8) is 0 Å². The van der Waals surface area contributed by atoms with Gasteiger partial charge in [0.15, 0.2) is 0 Å². The number of imide groups is 1. The number of amides is 3. The summed E-state index contributed by atoms with van der Waals surface area (Å²) >= 11 is 13.2. The molecule has 0 unspecified atom stereocenters. The van der Waals surface area contributed by atoms with Gasteiger partial charge < -0.3 is 5.32 Å². The van der Waals surface area contributed by atoms with Crippen molar-refractivity contribution in [3.05, 3.63) is 29.3 Å². The summed E-state index contributed by atoms with van der Waals surface area (Å²) in [5.74, 6) is 0.207. The normalized spacial score (nSPS) is 32.7. The van der Waals surface area contributed by atoms with Crippen molar-refractivity contribution in [2.45, 2.75) is 41.8 Å². The summed E-state index contributed by atoms with van der Waals surface area (Å²) in [6, 6.07) is 7.00. The molecule has 1 saturated heterocycles. The van der Waals surface area contributed by atoms with Gasteiger partial charge >= 0.3 is 0 Å². The number of benzene rings is 1. The van der Waals surface area contributed by atoms with Gasteiger partial charge in [-0.3, -0.25) is 19.3 Å². The molecule has 4 rings (SSSR count). The van der Waals surface area contributed by atoms with E-state index in [9.17, 15) is 14.4 Å². The topological polar surface area (TPSA) is 66.5 Å². The van der Waals surface area contributed by atoms with Crippen LogP contribution in [0, 0.1) is 23.7 Å². The first-order valence-electron chi connectivity index (χ1n) is 10.1.